The van der Waals surface area contributed by atoms with Gasteiger partial charge in [-0.3, -0.25) is 0 Å². The molecule has 0 aliphatic carbocycles. The Labute approximate surface area is 75.6 Å². The van der Waals surface area contributed by atoms with Crippen molar-refractivity contribution in [3.63, 3.8) is 0 Å². The molecule has 0 fully saturated rings. The van der Waals surface area contributed by atoms with Crippen LogP contribution in [0.1, 0.15) is 11.1 Å². The van der Waals surface area contributed by atoms with E-state index in [1.54, 1.807) is 6.07 Å². The number of benzene rings is 1. The maximum Gasteiger partial charge on any atom is 0.333 e. The summed E-state index contributed by atoms with van der Waals surface area (Å²) >= 11 is 0. The number of hydrogen-bond acceptors (Lipinski definition) is 3. The Morgan fingerprint density at radius 3 is 2.46 bits per heavy atom. The standard InChI is InChI=1S/C8H6FNO2S/c1-6-3-2-4-7(5-10)8(6)13(9,11)12/h2-4H,1H3. The first kappa shape index (κ1) is 9.68. The van der Waals surface area contributed by atoms with Gasteiger partial charge in [0.25, 0.3) is 0 Å². The van der Waals surface area contributed by atoms with Crippen LogP contribution in [0.25, 0.3) is 0 Å². The van der Waals surface area contributed by atoms with Crippen LogP contribution in [0.3, 0.4) is 0 Å². The molecule has 1 aromatic carbocycles. The molecule has 0 atom stereocenters. The summed E-state index contributed by atoms with van der Waals surface area (Å²) in [7, 11) is -4.80. The van der Waals surface area contributed by atoms with Crippen LogP contribution in [0.5, 0.6) is 0 Å². The lowest BCUT2D eigenvalue weighted by Crippen LogP contribution is -1.99. The van der Waals surface area contributed by atoms with E-state index in [9.17, 15) is 12.3 Å². The minimum Gasteiger partial charge on any atom is -0.192 e. The van der Waals surface area contributed by atoms with E-state index in [1.807, 2.05) is 0 Å². The van der Waals surface area contributed by atoms with Gasteiger partial charge >= 0.3 is 10.2 Å². The molecule has 0 heterocycles. The van der Waals surface area contributed by atoms with Gasteiger partial charge in [-0.15, -0.1) is 3.89 Å². The number of aryl methyl sites for hydroxylation is 1. The molecule has 1 rings (SSSR count). The van der Waals surface area contributed by atoms with E-state index >= 15 is 0 Å². The van der Waals surface area contributed by atoms with Gasteiger partial charge < -0.3 is 0 Å². The molecule has 0 aliphatic rings. The van der Waals surface area contributed by atoms with Crippen molar-refractivity contribution in [1.29, 1.82) is 5.26 Å². The second-order valence-electron chi connectivity index (χ2n) is 2.50. The first-order valence-electron chi connectivity index (χ1n) is 3.41. The molecule has 1 aromatic rings. The van der Waals surface area contributed by atoms with Crippen LogP contribution in [0, 0.1) is 18.3 Å². The first-order valence-corrected chi connectivity index (χ1v) is 4.79. The normalized spacial score (nSPS) is 10.8. The molecular formula is C8H6FNO2S. The smallest absolute Gasteiger partial charge is 0.192 e. The summed E-state index contributed by atoms with van der Waals surface area (Å²) in [5, 5.41) is 8.53. The van der Waals surface area contributed by atoms with Gasteiger partial charge in [-0.25, -0.2) is 0 Å². The Bertz CT molecular complexity index is 473. The van der Waals surface area contributed by atoms with E-state index in [-0.39, 0.29) is 11.1 Å². The number of halogens is 1. The lowest BCUT2D eigenvalue weighted by molar-refractivity contribution is 0.551. The van der Waals surface area contributed by atoms with E-state index in [2.05, 4.69) is 0 Å². The van der Waals surface area contributed by atoms with E-state index in [0.717, 1.165) is 0 Å². The summed E-state index contributed by atoms with van der Waals surface area (Å²) in [5.74, 6) is 0. The Morgan fingerprint density at radius 1 is 1.46 bits per heavy atom. The molecule has 68 valence electrons. The largest absolute Gasteiger partial charge is 0.333 e. The third-order valence-corrected chi connectivity index (χ3v) is 2.61. The Morgan fingerprint density at radius 2 is 2.08 bits per heavy atom. The summed E-state index contributed by atoms with van der Waals surface area (Å²) < 4.78 is 33.9. The van der Waals surface area contributed by atoms with Crippen molar-refractivity contribution in [2.45, 2.75) is 11.8 Å². The zero-order valence-electron chi connectivity index (χ0n) is 6.78. The fourth-order valence-electron chi connectivity index (χ4n) is 1.06. The summed E-state index contributed by atoms with van der Waals surface area (Å²) in [5.41, 5.74) is 0.0732. The van der Waals surface area contributed by atoms with Gasteiger partial charge in [-0.2, -0.15) is 13.7 Å². The van der Waals surface area contributed by atoms with Crippen molar-refractivity contribution < 1.29 is 12.3 Å². The molecular weight excluding hydrogens is 193 g/mol. The molecule has 0 N–H and O–H groups in total. The van der Waals surface area contributed by atoms with Crippen LogP contribution in [0.4, 0.5) is 3.89 Å². The lowest BCUT2D eigenvalue weighted by Gasteiger charge is -2.01. The third kappa shape index (κ3) is 1.84. The highest BCUT2D eigenvalue weighted by Crippen LogP contribution is 2.21. The molecule has 5 heteroatoms. The van der Waals surface area contributed by atoms with Crippen LogP contribution in [0.2, 0.25) is 0 Å². The molecule has 0 unspecified atom stereocenters. The minimum atomic E-state index is -4.80. The number of nitriles is 1. The summed E-state index contributed by atoms with van der Waals surface area (Å²) in [6.07, 6.45) is 0. The molecule has 13 heavy (non-hydrogen) atoms. The second kappa shape index (κ2) is 3.15. The highest BCUT2D eigenvalue weighted by molar-refractivity contribution is 7.86. The van der Waals surface area contributed by atoms with Gasteiger partial charge in [0.15, 0.2) is 0 Å². The quantitative estimate of drug-likeness (QED) is 0.644. The van der Waals surface area contributed by atoms with E-state index in [1.165, 1.54) is 25.1 Å². The van der Waals surface area contributed by atoms with Crippen molar-refractivity contribution in [3.8, 4) is 6.07 Å². The topological polar surface area (TPSA) is 57.9 Å². The fraction of sp³-hybridized carbons (Fsp3) is 0.125. The van der Waals surface area contributed by atoms with Gasteiger partial charge in [0.1, 0.15) is 11.0 Å². The number of nitrogens with zero attached hydrogens (tertiary/aromatic N) is 1. The van der Waals surface area contributed by atoms with Crippen LogP contribution < -0.4 is 0 Å². The van der Waals surface area contributed by atoms with Crippen molar-refractivity contribution in [2.75, 3.05) is 0 Å². The van der Waals surface area contributed by atoms with E-state index < -0.39 is 15.1 Å². The summed E-state index contributed by atoms with van der Waals surface area (Å²) in [6.45, 7) is 1.44. The van der Waals surface area contributed by atoms with Crippen LogP contribution >= 0.6 is 0 Å². The Hall–Kier alpha value is -1.41. The number of rotatable bonds is 1. The summed E-state index contributed by atoms with van der Waals surface area (Å²) in [4.78, 5) is -0.530. The molecule has 0 aromatic heterocycles. The molecule has 0 spiro atoms. The van der Waals surface area contributed by atoms with Gasteiger partial charge in [-0.1, -0.05) is 12.1 Å². The van der Waals surface area contributed by atoms with Gasteiger partial charge in [0, 0.05) is 0 Å². The highest BCUT2D eigenvalue weighted by atomic mass is 32.3. The molecule has 0 saturated heterocycles. The van der Waals surface area contributed by atoms with Crippen LogP contribution in [0.15, 0.2) is 23.1 Å². The third-order valence-electron chi connectivity index (χ3n) is 1.58. The minimum absolute atomic E-state index is 0.164. The molecule has 0 amide bonds. The highest BCUT2D eigenvalue weighted by Gasteiger charge is 2.19. The molecule has 3 nitrogen and oxygen atoms in total. The van der Waals surface area contributed by atoms with E-state index in [4.69, 9.17) is 5.26 Å². The maximum atomic E-state index is 12.7. The van der Waals surface area contributed by atoms with Crippen molar-refractivity contribution in [1.82, 2.24) is 0 Å². The monoisotopic (exact) mass is 199 g/mol. The summed E-state index contributed by atoms with van der Waals surface area (Å²) in [6, 6.07) is 5.83. The zero-order chi connectivity index (χ0) is 10.1. The van der Waals surface area contributed by atoms with Crippen molar-refractivity contribution in [3.05, 3.63) is 29.3 Å². The Kier molecular flexibility index (Phi) is 2.34. The van der Waals surface area contributed by atoms with Crippen molar-refractivity contribution >= 4 is 10.2 Å². The van der Waals surface area contributed by atoms with Crippen molar-refractivity contribution in [2.24, 2.45) is 0 Å². The average Bonchev–Trinajstić information content (AvgIpc) is 2.01. The van der Waals surface area contributed by atoms with Crippen LogP contribution in [-0.4, -0.2) is 8.42 Å². The fourth-order valence-corrected chi connectivity index (χ4v) is 1.89. The number of hydrogen-bond donors (Lipinski definition) is 0. The molecule has 0 aliphatic heterocycles. The predicted octanol–water partition coefficient (Wildman–Crippen LogP) is 1.52. The van der Waals surface area contributed by atoms with Crippen LogP contribution in [-0.2, 0) is 10.2 Å². The van der Waals surface area contributed by atoms with Gasteiger partial charge in [0.2, 0.25) is 0 Å². The Balaban J connectivity index is 3.62. The van der Waals surface area contributed by atoms with Gasteiger partial charge in [-0.05, 0) is 18.6 Å². The van der Waals surface area contributed by atoms with Gasteiger partial charge in [0.05, 0.1) is 5.56 Å². The SMILES string of the molecule is Cc1cccc(C#N)c1S(=O)(=O)F. The average molecular weight is 199 g/mol. The molecule has 0 saturated carbocycles. The predicted molar refractivity (Wildman–Crippen MR) is 44.2 cm³/mol. The first-order chi connectivity index (χ1) is 5.96. The van der Waals surface area contributed by atoms with E-state index in [0.29, 0.717) is 0 Å². The molecule has 0 bridgehead atoms. The maximum absolute atomic E-state index is 12.7. The molecule has 0 radical (unpaired) electrons. The lowest BCUT2D eigenvalue weighted by atomic mass is 10.1. The zero-order valence-corrected chi connectivity index (χ0v) is 7.60. The second-order valence-corrected chi connectivity index (χ2v) is 3.79.